The second-order valence-electron chi connectivity index (χ2n) is 8.34. The third-order valence-electron chi connectivity index (χ3n) is 6.02. The van der Waals surface area contributed by atoms with Crippen molar-refractivity contribution in [2.24, 2.45) is 0 Å². The van der Waals surface area contributed by atoms with Gasteiger partial charge >= 0.3 is 0 Å². The molecule has 3 aromatic carbocycles. The molecule has 1 heterocycles. The quantitative estimate of drug-likeness (QED) is 0.374. The fourth-order valence-electron chi connectivity index (χ4n) is 4.10. The van der Waals surface area contributed by atoms with Crippen molar-refractivity contribution in [1.82, 2.24) is 9.21 Å². The summed E-state index contributed by atoms with van der Waals surface area (Å²) >= 11 is 12.3. The van der Waals surface area contributed by atoms with Gasteiger partial charge in [-0.25, -0.2) is 8.42 Å². The molecule has 0 aliphatic carbocycles. The van der Waals surface area contributed by atoms with Crippen molar-refractivity contribution in [3.05, 3.63) is 94.0 Å². The summed E-state index contributed by atoms with van der Waals surface area (Å²) in [7, 11) is -2.00. The maximum Gasteiger partial charge on any atom is 0.244 e. The molecule has 0 spiro atoms. The van der Waals surface area contributed by atoms with E-state index in [-0.39, 0.29) is 16.0 Å². The van der Waals surface area contributed by atoms with Gasteiger partial charge in [-0.1, -0.05) is 59.6 Å². The van der Waals surface area contributed by atoms with Crippen molar-refractivity contribution in [2.45, 2.75) is 17.6 Å². The zero-order valence-corrected chi connectivity index (χ0v) is 21.8. The average molecular weight is 535 g/mol. The highest BCUT2D eigenvalue weighted by atomic mass is 35.5. The van der Waals surface area contributed by atoms with Crippen LogP contribution < -0.4 is 4.74 Å². The van der Waals surface area contributed by atoms with E-state index >= 15 is 0 Å². The summed E-state index contributed by atoms with van der Waals surface area (Å²) < 4.78 is 39.4. The molecule has 6 nitrogen and oxygen atoms in total. The summed E-state index contributed by atoms with van der Waals surface area (Å²) in [5.41, 5.74) is 1.98. The molecular formula is C26H28Cl2N2O4S. The van der Waals surface area contributed by atoms with Crippen LogP contribution in [0.5, 0.6) is 5.75 Å². The molecule has 0 saturated carbocycles. The van der Waals surface area contributed by atoms with Gasteiger partial charge in [0, 0.05) is 37.7 Å². The zero-order valence-electron chi connectivity index (χ0n) is 19.4. The lowest BCUT2D eigenvalue weighted by molar-refractivity contribution is 0.00763. The number of hydrogen-bond donors (Lipinski definition) is 0. The average Bonchev–Trinajstić information content (AvgIpc) is 2.87. The zero-order chi connectivity index (χ0) is 24.8. The topological polar surface area (TPSA) is 59.1 Å². The Morgan fingerprint density at radius 3 is 2.37 bits per heavy atom. The van der Waals surface area contributed by atoms with E-state index in [1.165, 1.54) is 4.31 Å². The summed E-state index contributed by atoms with van der Waals surface area (Å²) in [6.45, 7) is 2.96. The Bertz CT molecular complexity index is 1250. The van der Waals surface area contributed by atoms with Crippen molar-refractivity contribution in [3.8, 4) is 5.75 Å². The monoisotopic (exact) mass is 534 g/mol. The van der Waals surface area contributed by atoms with Gasteiger partial charge in [0.05, 0.1) is 24.8 Å². The first kappa shape index (κ1) is 25.9. The standard InChI is InChI=1S/C26H28Cl2N2O4S/c1-33-23-9-5-7-21(17-23)25(34-19-20-6-4-8-22(27)16-20)18-29-12-14-30(15-13-29)35(31,32)26-11-3-2-10-24(26)28/h2-11,16-17,25H,12-15,18-19H2,1H3/t25-/m1/s1. The van der Waals surface area contributed by atoms with Gasteiger partial charge in [0.1, 0.15) is 10.6 Å². The lowest BCUT2D eigenvalue weighted by Gasteiger charge is -2.36. The van der Waals surface area contributed by atoms with Gasteiger partial charge < -0.3 is 9.47 Å². The van der Waals surface area contributed by atoms with Crippen molar-refractivity contribution in [1.29, 1.82) is 0 Å². The van der Waals surface area contributed by atoms with Gasteiger partial charge in [-0.05, 0) is 47.5 Å². The molecule has 1 fully saturated rings. The SMILES string of the molecule is COc1cccc([C@@H](CN2CCN(S(=O)(=O)c3ccccc3Cl)CC2)OCc2cccc(Cl)c2)c1. The Morgan fingerprint density at radius 1 is 0.914 bits per heavy atom. The van der Waals surface area contributed by atoms with Gasteiger partial charge in [0.25, 0.3) is 0 Å². The number of methoxy groups -OCH3 is 1. The Balaban J connectivity index is 1.45. The van der Waals surface area contributed by atoms with E-state index in [0.717, 1.165) is 16.9 Å². The number of nitrogens with zero attached hydrogens (tertiary/aromatic N) is 2. The highest BCUT2D eigenvalue weighted by Gasteiger charge is 2.31. The fourth-order valence-corrected chi connectivity index (χ4v) is 6.23. The van der Waals surface area contributed by atoms with Crippen LogP contribution in [0.15, 0.2) is 77.7 Å². The number of piperazine rings is 1. The molecule has 0 N–H and O–H groups in total. The van der Waals surface area contributed by atoms with Gasteiger partial charge in [-0.2, -0.15) is 4.31 Å². The van der Waals surface area contributed by atoms with Gasteiger partial charge in [0.2, 0.25) is 10.0 Å². The smallest absolute Gasteiger partial charge is 0.244 e. The number of halogens is 2. The second kappa shape index (κ2) is 11.7. The van der Waals surface area contributed by atoms with Crippen LogP contribution in [0.2, 0.25) is 10.0 Å². The summed E-state index contributed by atoms with van der Waals surface area (Å²) in [5, 5.41) is 0.905. The second-order valence-corrected chi connectivity index (χ2v) is 11.1. The van der Waals surface area contributed by atoms with Crippen LogP contribution in [0.3, 0.4) is 0 Å². The lowest BCUT2D eigenvalue weighted by Crippen LogP contribution is -2.49. The molecule has 0 amide bonds. The fraction of sp³-hybridized carbons (Fsp3) is 0.308. The molecule has 186 valence electrons. The van der Waals surface area contributed by atoms with E-state index in [9.17, 15) is 8.42 Å². The van der Waals surface area contributed by atoms with Gasteiger partial charge in [-0.3, -0.25) is 4.90 Å². The molecule has 0 radical (unpaired) electrons. The first-order valence-electron chi connectivity index (χ1n) is 11.3. The Kier molecular flexibility index (Phi) is 8.70. The van der Waals surface area contributed by atoms with Crippen LogP contribution in [-0.4, -0.2) is 57.5 Å². The molecule has 4 rings (SSSR count). The molecule has 1 aliphatic rings. The number of rotatable bonds is 9. The molecule has 1 saturated heterocycles. The number of sulfonamides is 1. The Morgan fingerprint density at radius 2 is 1.66 bits per heavy atom. The van der Waals surface area contributed by atoms with Crippen molar-refractivity contribution >= 4 is 33.2 Å². The summed E-state index contributed by atoms with van der Waals surface area (Å²) in [5.74, 6) is 0.759. The maximum atomic E-state index is 13.1. The van der Waals surface area contributed by atoms with Gasteiger partial charge in [0.15, 0.2) is 0 Å². The van der Waals surface area contributed by atoms with Crippen molar-refractivity contribution < 1.29 is 17.9 Å². The molecule has 0 bridgehead atoms. The number of ether oxygens (including phenoxy) is 2. The van der Waals surface area contributed by atoms with E-state index in [0.29, 0.717) is 44.4 Å². The van der Waals surface area contributed by atoms with Crippen LogP contribution in [0.25, 0.3) is 0 Å². The predicted octanol–water partition coefficient (Wildman–Crippen LogP) is 5.27. The minimum Gasteiger partial charge on any atom is -0.497 e. The van der Waals surface area contributed by atoms with E-state index in [1.54, 1.807) is 31.4 Å². The van der Waals surface area contributed by atoms with E-state index in [1.807, 2.05) is 48.5 Å². The van der Waals surface area contributed by atoms with Crippen molar-refractivity contribution in [3.63, 3.8) is 0 Å². The largest absolute Gasteiger partial charge is 0.497 e. The minimum atomic E-state index is -3.64. The molecular weight excluding hydrogens is 507 g/mol. The van der Waals surface area contributed by atoms with Crippen molar-refractivity contribution in [2.75, 3.05) is 39.8 Å². The molecule has 1 atom stereocenters. The first-order chi connectivity index (χ1) is 16.9. The normalized spacial score (nSPS) is 16.2. The third-order valence-corrected chi connectivity index (χ3v) is 8.65. The van der Waals surface area contributed by atoms with Crippen LogP contribution in [0.1, 0.15) is 17.2 Å². The Hall–Kier alpha value is -2.13. The number of hydrogen-bond acceptors (Lipinski definition) is 5. The van der Waals surface area contributed by atoms with E-state index in [2.05, 4.69) is 4.90 Å². The number of benzene rings is 3. The summed E-state index contributed by atoms with van der Waals surface area (Å²) in [6, 6.07) is 22.0. The van der Waals surface area contributed by atoms with Crippen LogP contribution in [0.4, 0.5) is 0 Å². The first-order valence-corrected chi connectivity index (χ1v) is 13.5. The summed E-state index contributed by atoms with van der Waals surface area (Å²) in [4.78, 5) is 2.37. The molecule has 35 heavy (non-hydrogen) atoms. The van der Waals surface area contributed by atoms with E-state index in [4.69, 9.17) is 32.7 Å². The molecule has 0 unspecified atom stereocenters. The maximum absolute atomic E-state index is 13.1. The van der Waals surface area contributed by atoms with E-state index < -0.39 is 10.0 Å². The molecule has 3 aromatic rings. The van der Waals surface area contributed by atoms with Crippen LogP contribution >= 0.6 is 23.2 Å². The molecule has 9 heteroatoms. The molecule has 0 aromatic heterocycles. The predicted molar refractivity (Wildman–Crippen MR) is 139 cm³/mol. The summed E-state index contributed by atoms with van der Waals surface area (Å²) in [6.07, 6.45) is -0.226. The third kappa shape index (κ3) is 6.55. The van der Waals surface area contributed by atoms with Crippen LogP contribution in [0, 0.1) is 0 Å². The highest BCUT2D eigenvalue weighted by Crippen LogP contribution is 2.28. The van der Waals surface area contributed by atoms with Gasteiger partial charge in [-0.15, -0.1) is 0 Å². The van der Waals surface area contributed by atoms with Crippen LogP contribution in [-0.2, 0) is 21.4 Å². The Labute approximate surface area is 217 Å². The highest BCUT2D eigenvalue weighted by molar-refractivity contribution is 7.89. The minimum absolute atomic E-state index is 0.147. The lowest BCUT2D eigenvalue weighted by atomic mass is 10.1. The molecule has 1 aliphatic heterocycles.